The maximum atomic E-state index is 11.9. The number of benzene rings is 1. The summed E-state index contributed by atoms with van der Waals surface area (Å²) >= 11 is 0. The van der Waals surface area contributed by atoms with Crippen LogP contribution in [-0.4, -0.2) is 48.3 Å². The van der Waals surface area contributed by atoms with Crippen molar-refractivity contribution in [1.82, 2.24) is 4.90 Å². The number of hydrogen-bond acceptors (Lipinski definition) is 4. The van der Waals surface area contributed by atoms with Crippen LogP contribution in [0.2, 0.25) is 0 Å². The molecule has 1 heterocycles. The Morgan fingerprint density at radius 1 is 1.29 bits per heavy atom. The summed E-state index contributed by atoms with van der Waals surface area (Å²) in [4.78, 5) is 13.6. The maximum absolute atomic E-state index is 11.9. The van der Waals surface area contributed by atoms with E-state index in [-0.39, 0.29) is 5.91 Å². The minimum atomic E-state index is -0.665. The molecule has 0 radical (unpaired) electrons. The van der Waals surface area contributed by atoms with Crippen molar-refractivity contribution in [1.29, 1.82) is 0 Å². The van der Waals surface area contributed by atoms with Crippen LogP contribution in [0.5, 0.6) is 11.5 Å². The van der Waals surface area contributed by atoms with Crippen molar-refractivity contribution in [3.05, 3.63) is 24.3 Å². The van der Waals surface area contributed by atoms with Crippen molar-refractivity contribution in [3.63, 3.8) is 0 Å². The molecule has 5 heteroatoms. The first-order valence-electron chi connectivity index (χ1n) is 7.33. The van der Waals surface area contributed by atoms with Gasteiger partial charge in [0.05, 0.1) is 38.8 Å². The van der Waals surface area contributed by atoms with E-state index >= 15 is 0 Å². The molecule has 116 valence electrons. The quantitative estimate of drug-likeness (QED) is 0.833. The Morgan fingerprint density at radius 3 is 2.48 bits per heavy atom. The Kier molecular flexibility index (Phi) is 5.07. The van der Waals surface area contributed by atoms with Crippen LogP contribution < -0.4 is 9.47 Å². The lowest BCUT2D eigenvalue weighted by molar-refractivity contribution is -0.157. The van der Waals surface area contributed by atoms with Crippen LogP contribution in [0.1, 0.15) is 26.2 Å². The third kappa shape index (κ3) is 4.11. The number of carbonyl (C=O) groups excluding carboxylic acids is 1. The van der Waals surface area contributed by atoms with Crippen LogP contribution in [-0.2, 0) is 4.79 Å². The minimum Gasteiger partial charge on any atom is -0.497 e. The molecule has 0 unspecified atom stereocenters. The fraction of sp³-hybridized carbons (Fsp3) is 0.562. The molecule has 0 aliphatic carbocycles. The van der Waals surface area contributed by atoms with Crippen LogP contribution in [0, 0.1) is 0 Å². The highest BCUT2D eigenvalue weighted by atomic mass is 16.5. The van der Waals surface area contributed by atoms with Gasteiger partial charge in [0.15, 0.2) is 0 Å². The number of amides is 1. The Labute approximate surface area is 125 Å². The Morgan fingerprint density at radius 2 is 1.90 bits per heavy atom. The highest BCUT2D eigenvalue weighted by molar-refractivity contribution is 5.77. The van der Waals surface area contributed by atoms with E-state index in [2.05, 4.69) is 0 Å². The summed E-state index contributed by atoms with van der Waals surface area (Å²) in [5.74, 6) is 1.52. The van der Waals surface area contributed by atoms with Crippen molar-refractivity contribution in [2.24, 2.45) is 0 Å². The average Bonchev–Trinajstić information content (AvgIpc) is 2.45. The molecule has 0 atom stereocenters. The fourth-order valence-electron chi connectivity index (χ4n) is 2.55. The molecule has 5 nitrogen and oxygen atoms in total. The number of likely N-dealkylation sites (tertiary alicyclic amines) is 1. The fourth-order valence-corrected chi connectivity index (χ4v) is 2.55. The summed E-state index contributed by atoms with van der Waals surface area (Å²) in [6, 6.07) is 7.26. The molecule has 0 spiro atoms. The highest BCUT2D eigenvalue weighted by Crippen LogP contribution is 2.26. The maximum Gasteiger partial charge on any atom is 0.226 e. The summed E-state index contributed by atoms with van der Waals surface area (Å²) in [7, 11) is 1.61. The van der Waals surface area contributed by atoms with Crippen LogP contribution in [0.3, 0.4) is 0 Å². The number of ether oxygens (including phenoxy) is 2. The first-order chi connectivity index (χ1) is 10.1. The van der Waals surface area contributed by atoms with Gasteiger partial charge in [-0.15, -0.1) is 0 Å². The predicted molar refractivity (Wildman–Crippen MR) is 79.5 cm³/mol. The second-order valence-corrected chi connectivity index (χ2v) is 5.50. The number of aliphatic hydroxyl groups is 1. The lowest BCUT2D eigenvalue weighted by Crippen LogP contribution is -2.63. The van der Waals surface area contributed by atoms with E-state index in [9.17, 15) is 9.90 Å². The zero-order valence-corrected chi connectivity index (χ0v) is 12.7. The molecule has 0 saturated carbocycles. The monoisotopic (exact) mass is 293 g/mol. The summed E-state index contributed by atoms with van der Waals surface area (Å²) in [6.45, 7) is 3.27. The van der Waals surface area contributed by atoms with Crippen LogP contribution in [0.15, 0.2) is 24.3 Å². The average molecular weight is 293 g/mol. The second-order valence-electron chi connectivity index (χ2n) is 5.50. The van der Waals surface area contributed by atoms with Crippen molar-refractivity contribution >= 4 is 5.91 Å². The van der Waals surface area contributed by atoms with Crippen molar-refractivity contribution in [2.45, 2.75) is 31.8 Å². The zero-order chi connectivity index (χ0) is 15.3. The second kappa shape index (κ2) is 6.80. The Hall–Kier alpha value is -1.75. The van der Waals surface area contributed by atoms with E-state index in [0.29, 0.717) is 26.1 Å². The SMILES string of the molecule is CCCC1(O)CN(C(=O)CCOc2ccc(OC)cc2)C1. The molecular formula is C16H23NO4. The van der Waals surface area contributed by atoms with Crippen molar-refractivity contribution < 1.29 is 19.4 Å². The summed E-state index contributed by atoms with van der Waals surface area (Å²) in [5, 5.41) is 10.0. The predicted octanol–water partition coefficient (Wildman–Crippen LogP) is 1.84. The van der Waals surface area contributed by atoms with Crippen LogP contribution >= 0.6 is 0 Å². The van der Waals surface area contributed by atoms with Gasteiger partial charge in [0, 0.05) is 0 Å². The van der Waals surface area contributed by atoms with Gasteiger partial charge in [0.25, 0.3) is 0 Å². The van der Waals surface area contributed by atoms with Gasteiger partial charge in [-0.1, -0.05) is 13.3 Å². The first-order valence-corrected chi connectivity index (χ1v) is 7.33. The Bertz CT molecular complexity index is 466. The summed E-state index contributed by atoms with van der Waals surface area (Å²) in [6.07, 6.45) is 2.01. The zero-order valence-electron chi connectivity index (χ0n) is 12.7. The number of nitrogens with zero attached hydrogens (tertiary/aromatic N) is 1. The number of carbonyl (C=O) groups is 1. The molecule has 1 aliphatic heterocycles. The van der Waals surface area contributed by atoms with Gasteiger partial charge in [-0.25, -0.2) is 0 Å². The van der Waals surface area contributed by atoms with Gasteiger partial charge in [0.1, 0.15) is 11.5 Å². The molecule has 1 aliphatic rings. The normalized spacial score (nSPS) is 16.2. The standard InChI is InChI=1S/C16H23NO4/c1-3-9-16(19)11-17(12-16)15(18)8-10-21-14-6-4-13(20-2)5-7-14/h4-7,19H,3,8-12H2,1-2H3. The van der Waals surface area contributed by atoms with Crippen molar-refractivity contribution in [2.75, 3.05) is 26.8 Å². The smallest absolute Gasteiger partial charge is 0.226 e. The molecule has 21 heavy (non-hydrogen) atoms. The van der Waals surface area contributed by atoms with E-state index in [1.807, 2.05) is 31.2 Å². The van der Waals surface area contributed by atoms with E-state index in [1.165, 1.54) is 0 Å². The van der Waals surface area contributed by atoms with E-state index < -0.39 is 5.60 Å². The van der Waals surface area contributed by atoms with Crippen LogP contribution in [0.25, 0.3) is 0 Å². The van der Waals surface area contributed by atoms with Gasteiger partial charge >= 0.3 is 0 Å². The lowest BCUT2D eigenvalue weighted by atomic mass is 9.89. The number of hydrogen-bond donors (Lipinski definition) is 1. The summed E-state index contributed by atoms with van der Waals surface area (Å²) < 4.78 is 10.6. The third-order valence-corrected chi connectivity index (χ3v) is 3.68. The molecule has 2 rings (SSSR count). The molecule has 1 N–H and O–H groups in total. The molecule has 1 aromatic carbocycles. The number of β-amino-alcohol motifs (C(OH)–C–C–N with tert-alkyl or cyclic N) is 1. The molecule has 1 amide bonds. The third-order valence-electron chi connectivity index (χ3n) is 3.68. The van der Waals surface area contributed by atoms with Gasteiger partial charge in [-0.05, 0) is 30.7 Å². The van der Waals surface area contributed by atoms with Gasteiger partial charge in [-0.2, -0.15) is 0 Å². The Balaban J connectivity index is 1.68. The number of rotatable bonds is 7. The highest BCUT2D eigenvalue weighted by Gasteiger charge is 2.42. The minimum absolute atomic E-state index is 0.0317. The molecular weight excluding hydrogens is 270 g/mol. The van der Waals surface area contributed by atoms with E-state index in [0.717, 1.165) is 24.3 Å². The largest absolute Gasteiger partial charge is 0.497 e. The van der Waals surface area contributed by atoms with E-state index in [1.54, 1.807) is 12.0 Å². The summed E-state index contributed by atoms with van der Waals surface area (Å²) in [5.41, 5.74) is -0.665. The van der Waals surface area contributed by atoms with Gasteiger partial charge < -0.3 is 19.5 Å². The van der Waals surface area contributed by atoms with Gasteiger partial charge in [0.2, 0.25) is 5.91 Å². The molecule has 1 aromatic rings. The van der Waals surface area contributed by atoms with Crippen LogP contribution in [0.4, 0.5) is 0 Å². The molecule has 1 saturated heterocycles. The first kappa shape index (κ1) is 15.6. The molecule has 1 fully saturated rings. The molecule has 0 bridgehead atoms. The van der Waals surface area contributed by atoms with Gasteiger partial charge in [-0.3, -0.25) is 4.79 Å². The van der Waals surface area contributed by atoms with E-state index in [4.69, 9.17) is 9.47 Å². The lowest BCUT2D eigenvalue weighted by Gasteiger charge is -2.46. The number of methoxy groups -OCH3 is 1. The van der Waals surface area contributed by atoms with Crippen molar-refractivity contribution in [3.8, 4) is 11.5 Å². The topological polar surface area (TPSA) is 59.0 Å². The molecule has 0 aromatic heterocycles.